The first-order valence-electron chi connectivity index (χ1n) is 7.67. The second-order valence-electron chi connectivity index (χ2n) is 7.03. The maximum absolute atomic E-state index is 12.4. The quantitative estimate of drug-likeness (QED) is 0.926. The number of amides is 2. The third kappa shape index (κ3) is 2.49. The molecular formula is C16H28N4O2. The minimum atomic E-state index is -0.174. The molecule has 6 nitrogen and oxygen atoms in total. The molecule has 2 rings (SSSR count). The molecule has 1 aromatic rings. The molecule has 0 radical (unpaired) electrons. The molecule has 1 aromatic heterocycles. The molecule has 1 saturated carbocycles. The smallest absolute Gasteiger partial charge is 0.317 e. The fourth-order valence-corrected chi connectivity index (χ4v) is 3.23. The van der Waals surface area contributed by atoms with Gasteiger partial charge in [0.15, 0.2) is 0 Å². The third-order valence-corrected chi connectivity index (χ3v) is 5.78. The van der Waals surface area contributed by atoms with Crippen LogP contribution >= 0.6 is 0 Å². The van der Waals surface area contributed by atoms with Gasteiger partial charge in [-0.1, -0.05) is 13.8 Å². The molecule has 1 heterocycles. The Morgan fingerprint density at radius 2 is 2.18 bits per heavy atom. The highest BCUT2D eigenvalue weighted by Gasteiger charge is 2.59. The number of ether oxygens (including phenoxy) is 1. The van der Waals surface area contributed by atoms with E-state index >= 15 is 0 Å². The summed E-state index contributed by atoms with van der Waals surface area (Å²) in [6, 6.07) is 0.118. The number of carbonyl (C=O) groups is 1. The molecule has 0 spiro atoms. The van der Waals surface area contributed by atoms with E-state index < -0.39 is 0 Å². The summed E-state index contributed by atoms with van der Waals surface area (Å²) >= 11 is 0. The Bertz CT molecular complexity index is 566. The summed E-state index contributed by atoms with van der Waals surface area (Å²) in [5.41, 5.74) is 1.86. The second kappa shape index (κ2) is 5.57. The lowest BCUT2D eigenvalue weighted by atomic mass is 9.55. The van der Waals surface area contributed by atoms with E-state index in [0.29, 0.717) is 6.54 Å². The van der Waals surface area contributed by atoms with Crippen LogP contribution in [0.4, 0.5) is 4.79 Å². The Labute approximate surface area is 132 Å². The highest BCUT2D eigenvalue weighted by molar-refractivity contribution is 5.74. The van der Waals surface area contributed by atoms with Crippen LogP contribution in [0.3, 0.4) is 0 Å². The Morgan fingerprint density at radius 3 is 2.64 bits per heavy atom. The summed E-state index contributed by atoms with van der Waals surface area (Å²) < 4.78 is 7.44. The molecule has 22 heavy (non-hydrogen) atoms. The van der Waals surface area contributed by atoms with E-state index in [4.69, 9.17) is 4.74 Å². The second-order valence-corrected chi connectivity index (χ2v) is 7.03. The average Bonchev–Trinajstić information content (AvgIpc) is 2.80. The van der Waals surface area contributed by atoms with E-state index in [2.05, 4.69) is 31.2 Å². The first-order chi connectivity index (χ1) is 10.1. The molecule has 124 valence electrons. The lowest BCUT2D eigenvalue weighted by molar-refractivity contribution is -0.198. The zero-order valence-corrected chi connectivity index (χ0v) is 14.7. The van der Waals surface area contributed by atoms with Gasteiger partial charge in [-0.15, -0.1) is 0 Å². The summed E-state index contributed by atoms with van der Waals surface area (Å²) in [6.07, 6.45) is 2.65. The van der Waals surface area contributed by atoms with Crippen molar-refractivity contribution in [3.05, 3.63) is 17.5 Å². The van der Waals surface area contributed by atoms with Crippen LogP contribution < -0.4 is 5.32 Å². The van der Waals surface area contributed by atoms with E-state index in [1.54, 1.807) is 18.2 Å². The molecule has 0 bridgehead atoms. The number of nitrogens with zero attached hydrogens (tertiary/aromatic N) is 3. The molecule has 1 fully saturated rings. The van der Waals surface area contributed by atoms with Crippen LogP contribution in [0.25, 0.3) is 0 Å². The zero-order chi connectivity index (χ0) is 16.7. The van der Waals surface area contributed by atoms with Crippen molar-refractivity contribution in [2.75, 3.05) is 14.2 Å². The number of methoxy groups -OCH3 is 1. The largest absolute Gasteiger partial charge is 0.378 e. The van der Waals surface area contributed by atoms with Crippen molar-refractivity contribution in [3.8, 4) is 0 Å². The van der Waals surface area contributed by atoms with Gasteiger partial charge in [0.1, 0.15) is 0 Å². The van der Waals surface area contributed by atoms with Crippen molar-refractivity contribution in [1.29, 1.82) is 0 Å². The molecule has 0 aliphatic heterocycles. The predicted octanol–water partition coefficient (Wildman–Crippen LogP) is 2.07. The number of hydrogen-bond donors (Lipinski definition) is 1. The first-order valence-corrected chi connectivity index (χ1v) is 7.67. The SMILES string of the molecule is COC1(C)CC(N(C)C(=O)NCc2cnn(C)c2C)C1(C)C. The third-order valence-electron chi connectivity index (χ3n) is 5.78. The van der Waals surface area contributed by atoms with E-state index in [1.165, 1.54) is 0 Å². The summed E-state index contributed by atoms with van der Waals surface area (Å²) in [6.45, 7) is 8.91. The summed E-state index contributed by atoms with van der Waals surface area (Å²) in [5, 5.41) is 7.17. The summed E-state index contributed by atoms with van der Waals surface area (Å²) in [4.78, 5) is 14.2. The zero-order valence-electron chi connectivity index (χ0n) is 14.7. The van der Waals surface area contributed by atoms with Gasteiger partial charge in [-0.25, -0.2) is 4.79 Å². The number of urea groups is 1. The van der Waals surface area contributed by atoms with E-state index in [1.807, 2.05) is 25.7 Å². The average molecular weight is 308 g/mol. The van der Waals surface area contributed by atoms with Gasteiger partial charge < -0.3 is 15.0 Å². The molecule has 2 unspecified atom stereocenters. The molecule has 2 atom stereocenters. The van der Waals surface area contributed by atoms with Crippen molar-refractivity contribution < 1.29 is 9.53 Å². The maximum Gasteiger partial charge on any atom is 0.317 e. The van der Waals surface area contributed by atoms with Crippen LogP contribution in [0.15, 0.2) is 6.20 Å². The Hall–Kier alpha value is -1.56. The number of rotatable bonds is 4. The molecular weight excluding hydrogens is 280 g/mol. The normalized spacial score (nSPS) is 26.4. The van der Waals surface area contributed by atoms with Crippen molar-refractivity contribution in [2.45, 2.75) is 52.3 Å². The summed E-state index contributed by atoms with van der Waals surface area (Å²) in [7, 11) is 5.49. The number of nitrogens with one attached hydrogen (secondary N) is 1. The van der Waals surface area contributed by atoms with Crippen LogP contribution in [0.5, 0.6) is 0 Å². The topological polar surface area (TPSA) is 59.4 Å². The first kappa shape index (κ1) is 16.8. The van der Waals surface area contributed by atoms with Gasteiger partial charge in [0.25, 0.3) is 0 Å². The number of hydrogen-bond acceptors (Lipinski definition) is 3. The molecule has 1 aliphatic carbocycles. The van der Waals surface area contributed by atoms with Crippen LogP contribution in [-0.4, -0.2) is 46.5 Å². The predicted molar refractivity (Wildman–Crippen MR) is 85.5 cm³/mol. The highest BCUT2D eigenvalue weighted by Crippen LogP contribution is 2.53. The van der Waals surface area contributed by atoms with Gasteiger partial charge in [0.2, 0.25) is 0 Å². The van der Waals surface area contributed by atoms with Gasteiger partial charge in [-0.2, -0.15) is 5.10 Å². The lowest BCUT2D eigenvalue weighted by Gasteiger charge is -2.61. The summed E-state index contributed by atoms with van der Waals surface area (Å²) in [5.74, 6) is 0. The Kier molecular flexibility index (Phi) is 4.26. The van der Waals surface area contributed by atoms with Gasteiger partial charge >= 0.3 is 6.03 Å². The van der Waals surface area contributed by atoms with E-state index in [0.717, 1.165) is 17.7 Å². The van der Waals surface area contributed by atoms with Crippen LogP contribution in [0, 0.1) is 12.3 Å². The van der Waals surface area contributed by atoms with Crippen molar-refractivity contribution in [2.24, 2.45) is 12.5 Å². The van der Waals surface area contributed by atoms with Crippen LogP contribution in [0.1, 0.15) is 38.4 Å². The molecule has 0 aromatic carbocycles. The maximum atomic E-state index is 12.4. The van der Waals surface area contributed by atoms with Crippen molar-refractivity contribution >= 4 is 6.03 Å². The Balaban J connectivity index is 1.95. The minimum absolute atomic E-state index is 0.0560. The molecule has 0 saturated heterocycles. The van der Waals surface area contributed by atoms with Gasteiger partial charge in [-0.05, 0) is 20.3 Å². The number of aryl methyl sites for hydroxylation is 1. The highest BCUT2D eigenvalue weighted by atomic mass is 16.5. The minimum Gasteiger partial charge on any atom is -0.378 e. The van der Waals surface area contributed by atoms with Gasteiger partial charge in [-0.3, -0.25) is 4.68 Å². The van der Waals surface area contributed by atoms with Crippen molar-refractivity contribution in [1.82, 2.24) is 20.0 Å². The Morgan fingerprint density at radius 1 is 1.55 bits per heavy atom. The molecule has 1 aliphatic rings. The van der Waals surface area contributed by atoms with Crippen molar-refractivity contribution in [3.63, 3.8) is 0 Å². The molecule has 2 amide bonds. The number of aromatic nitrogens is 2. The van der Waals surface area contributed by atoms with E-state index in [9.17, 15) is 4.79 Å². The lowest BCUT2D eigenvalue weighted by Crippen LogP contribution is -2.69. The van der Waals surface area contributed by atoms with E-state index in [-0.39, 0.29) is 23.1 Å². The fraction of sp³-hybridized carbons (Fsp3) is 0.750. The van der Waals surface area contributed by atoms with Gasteiger partial charge in [0.05, 0.1) is 11.8 Å². The number of carbonyl (C=O) groups excluding carboxylic acids is 1. The van der Waals surface area contributed by atoms with Gasteiger partial charge in [0, 0.05) is 50.5 Å². The molecule has 6 heteroatoms. The molecule has 1 N–H and O–H groups in total. The standard InChI is InChI=1S/C16H28N4O2/c1-11-12(10-18-20(11)6)9-17-14(21)19(5)13-8-16(4,22-7)15(13,2)3/h10,13H,8-9H2,1-7H3,(H,17,21). The van der Waals surface area contributed by atoms with Crippen LogP contribution in [-0.2, 0) is 18.3 Å². The fourth-order valence-electron chi connectivity index (χ4n) is 3.23. The monoisotopic (exact) mass is 308 g/mol. The van der Waals surface area contributed by atoms with Crippen LogP contribution in [0.2, 0.25) is 0 Å².